The third-order valence-corrected chi connectivity index (χ3v) is 4.68. The van der Waals surface area contributed by atoms with Gasteiger partial charge >= 0.3 is 0 Å². The first kappa shape index (κ1) is 18.8. The lowest BCUT2D eigenvalue weighted by Gasteiger charge is -2.18. The smallest absolute Gasteiger partial charge is 0.216 e. The van der Waals surface area contributed by atoms with E-state index in [0.29, 0.717) is 0 Å². The zero-order valence-electron chi connectivity index (χ0n) is 13.4. The zero-order valence-corrected chi connectivity index (χ0v) is 17.7. The molecular weight excluding hydrogens is 514 g/mol. The molecule has 2 aromatic carbocycles. The quantitative estimate of drug-likeness (QED) is 0.373. The van der Waals surface area contributed by atoms with Crippen LogP contribution in [0.3, 0.4) is 0 Å². The Kier molecular flexibility index (Phi) is 6.15. The highest BCUT2D eigenvalue weighted by Gasteiger charge is 2.35. The fourth-order valence-corrected chi connectivity index (χ4v) is 3.68. The summed E-state index contributed by atoms with van der Waals surface area (Å²) >= 11 is 0. The van der Waals surface area contributed by atoms with E-state index in [1.165, 1.54) is 22.7 Å². The number of quaternary nitrogens is 2. The molecule has 0 aromatic heterocycles. The van der Waals surface area contributed by atoms with Gasteiger partial charge in [-0.15, -0.1) is 0 Å². The minimum Gasteiger partial charge on any atom is -1.00 e. The van der Waals surface area contributed by atoms with Gasteiger partial charge in [0.2, 0.25) is 6.67 Å². The first-order valence-electron chi connectivity index (χ1n) is 7.54. The van der Waals surface area contributed by atoms with Crippen molar-refractivity contribution in [2.24, 2.45) is 0 Å². The highest BCUT2D eigenvalue weighted by atomic mass is 127. The Bertz CT molecular complexity index is 622. The molecule has 2 atom stereocenters. The maximum Gasteiger partial charge on any atom is 0.216 e. The molecule has 2 aliphatic rings. The van der Waals surface area contributed by atoms with Crippen LogP contribution < -0.4 is 67.6 Å². The van der Waals surface area contributed by atoms with Crippen molar-refractivity contribution in [1.29, 1.82) is 0 Å². The number of anilines is 2. The van der Waals surface area contributed by atoms with Crippen LogP contribution in [0.2, 0.25) is 0 Å². The number of nitrogens with zero attached hydrogens (tertiary/aromatic N) is 2. The van der Waals surface area contributed by atoms with E-state index in [2.05, 4.69) is 72.4 Å². The molecule has 23 heavy (non-hydrogen) atoms. The van der Waals surface area contributed by atoms with E-state index in [0.717, 1.165) is 20.0 Å². The van der Waals surface area contributed by atoms with Crippen LogP contribution in [0.1, 0.15) is 0 Å². The molecule has 2 unspecified atom stereocenters. The van der Waals surface area contributed by atoms with Crippen molar-refractivity contribution in [3.63, 3.8) is 0 Å². The van der Waals surface area contributed by atoms with E-state index in [-0.39, 0.29) is 48.0 Å². The fourth-order valence-electron chi connectivity index (χ4n) is 3.68. The first-order chi connectivity index (χ1) is 10.2. The second-order valence-corrected chi connectivity index (χ2v) is 6.13. The van der Waals surface area contributed by atoms with Gasteiger partial charge in [-0.1, -0.05) is 24.3 Å². The lowest BCUT2D eigenvalue weighted by atomic mass is 10.2. The standard InChI is InChI=1S/C17H20N4.2HI/c1-18-11-20(16-9-5-3-7-14(16)18)13-21-12-19(2)15-8-4-6-10-17(15)21;;/h3-10H,11-13H2,1-2H3;2*1H. The molecule has 6 heteroatoms. The van der Waals surface area contributed by atoms with Crippen molar-refractivity contribution in [3.05, 3.63) is 48.5 Å². The Hall–Kier alpha value is -0.580. The Balaban J connectivity index is 0.000000960. The van der Waals surface area contributed by atoms with Gasteiger partial charge < -0.3 is 57.8 Å². The van der Waals surface area contributed by atoms with E-state index in [1.807, 2.05) is 0 Å². The van der Waals surface area contributed by atoms with E-state index in [1.54, 1.807) is 9.80 Å². The number of fused-ring (bicyclic) bond motifs is 2. The minimum absolute atomic E-state index is 0. The summed E-state index contributed by atoms with van der Waals surface area (Å²) in [5, 5.41) is 0. The van der Waals surface area contributed by atoms with Crippen LogP contribution in [-0.4, -0.2) is 34.1 Å². The van der Waals surface area contributed by atoms with Gasteiger partial charge in [-0.3, -0.25) is 0 Å². The SMILES string of the molecule is CN1C[NH+](C[NH+]2CN(C)c3ccccc32)c2ccccc21.[I-].[I-]. The van der Waals surface area contributed by atoms with Gasteiger partial charge in [-0.05, 0) is 12.1 Å². The average Bonchev–Trinajstić information content (AvgIpc) is 3.00. The molecule has 2 aromatic rings. The number of hydrogen-bond donors (Lipinski definition) is 2. The van der Waals surface area contributed by atoms with E-state index >= 15 is 0 Å². The molecule has 0 radical (unpaired) electrons. The second-order valence-electron chi connectivity index (χ2n) is 6.13. The molecule has 0 fully saturated rings. The number of halogens is 2. The molecular formula is C17H22I2N4. The molecule has 4 nitrogen and oxygen atoms in total. The highest BCUT2D eigenvalue weighted by Crippen LogP contribution is 2.25. The number of benzene rings is 2. The lowest BCUT2D eigenvalue weighted by molar-refractivity contribution is -1.02. The average molecular weight is 536 g/mol. The molecule has 0 spiro atoms. The van der Waals surface area contributed by atoms with Crippen LogP contribution in [-0.2, 0) is 0 Å². The lowest BCUT2D eigenvalue weighted by Crippen LogP contribution is -3.26. The van der Waals surface area contributed by atoms with Crippen molar-refractivity contribution in [1.82, 2.24) is 0 Å². The molecule has 0 aliphatic carbocycles. The van der Waals surface area contributed by atoms with Crippen LogP contribution in [0.15, 0.2) is 48.5 Å². The summed E-state index contributed by atoms with van der Waals surface area (Å²) in [7, 11) is 4.37. The van der Waals surface area contributed by atoms with Gasteiger partial charge in [0, 0.05) is 26.2 Å². The van der Waals surface area contributed by atoms with Crippen LogP contribution in [0.25, 0.3) is 0 Å². The molecule has 4 rings (SSSR count). The van der Waals surface area contributed by atoms with E-state index in [4.69, 9.17) is 0 Å². The van der Waals surface area contributed by atoms with Crippen molar-refractivity contribution < 1.29 is 57.8 Å². The van der Waals surface area contributed by atoms with Crippen LogP contribution >= 0.6 is 0 Å². The minimum atomic E-state index is 0. The zero-order chi connectivity index (χ0) is 14.4. The summed E-state index contributed by atoms with van der Waals surface area (Å²) in [6, 6.07) is 17.5. The van der Waals surface area contributed by atoms with Crippen molar-refractivity contribution in [3.8, 4) is 0 Å². The molecule has 2 heterocycles. The molecule has 0 bridgehead atoms. The second kappa shape index (κ2) is 7.54. The molecule has 124 valence electrons. The van der Waals surface area contributed by atoms with E-state index < -0.39 is 0 Å². The topological polar surface area (TPSA) is 15.4 Å². The fraction of sp³-hybridized carbons (Fsp3) is 0.294. The molecule has 2 aliphatic heterocycles. The van der Waals surface area contributed by atoms with Crippen LogP contribution in [0.5, 0.6) is 0 Å². The van der Waals surface area contributed by atoms with Gasteiger partial charge in [-0.25, -0.2) is 9.80 Å². The van der Waals surface area contributed by atoms with Gasteiger partial charge in [0.25, 0.3) is 0 Å². The predicted octanol–water partition coefficient (Wildman–Crippen LogP) is -5.80. The maximum atomic E-state index is 2.36. The maximum absolute atomic E-state index is 2.36. The summed E-state index contributed by atoms with van der Waals surface area (Å²) in [4.78, 5) is 7.81. The summed E-state index contributed by atoms with van der Waals surface area (Å²) in [6.45, 7) is 3.19. The molecule has 2 N–H and O–H groups in total. The van der Waals surface area contributed by atoms with Crippen molar-refractivity contribution >= 4 is 22.7 Å². The van der Waals surface area contributed by atoms with Gasteiger partial charge in [0.15, 0.2) is 24.7 Å². The monoisotopic (exact) mass is 536 g/mol. The van der Waals surface area contributed by atoms with Crippen LogP contribution in [0, 0.1) is 0 Å². The third kappa shape index (κ3) is 3.31. The first-order valence-corrected chi connectivity index (χ1v) is 7.54. The number of nitrogens with one attached hydrogen (secondary N) is 2. The van der Waals surface area contributed by atoms with Gasteiger partial charge in [0.05, 0.1) is 0 Å². The van der Waals surface area contributed by atoms with Crippen molar-refractivity contribution in [2.75, 3.05) is 43.9 Å². The normalized spacial score (nSPS) is 21.3. The Morgan fingerprint density at radius 3 is 1.57 bits per heavy atom. The van der Waals surface area contributed by atoms with Gasteiger partial charge in [0.1, 0.15) is 11.4 Å². The Morgan fingerprint density at radius 1 is 0.739 bits per heavy atom. The summed E-state index contributed by atoms with van der Waals surface area (Å²) in [6.07, 6.45) is 0. The molecule has 0 saturated heterocycles. The summed E-state index contributed by atoms with van der Waals surface area (Å²) in [5.74, 6) is 0. The Morgan fingerprint density at radius 2 is 1.13 bits per heavy atom. The molecule has 0 amide bonds. The third-order valence-electron chi connectivity index (χ3n) is 4.68. The summed E-state index contributed by atoms with van der Waals surface area (Å²) < 4.78 is 0. The van der Waals surface area contributed by atoms with E-state index in [9.17, 15) is 0 Å². The predicted molar refractivity (Wildman–Crippen MR) is 85.5 cm³/mol. The number of hydrogen-bond acceptors (Lipinski definition) is 2. The number of para-hydroxylation sites is 4. The largest absolute Gasteiger partial charge is 1.00 e. The Labute approximate surface area is 172 Å². The van der Waals surface area contributed by atoms with Crippen molar-refractivity contribution in [2.45, 2.75) is 0 Å². The highest BCUT2D eigenvalue weighted by molar-refractivity contribution is 5.65. The molecule has 0 saturated carbocycles. The van der Waals surface area contributed by atoms with Gasteiger partial charge in [-0.2, -0.15) is 0 Å². The van der Waals surface area contributed by atoms with Crippen LogP contribution in [0.4, 0.5) is 22.7 Å². The summed E-state index contributed by atoms with van der Waals surface area (Å²) in [5.41, 5.74) is 5.60. The number of rotatable bonds is 2.